The number of nitrogens with zero attached hydrogens (tertiary/aromatic N) is 3. The summed E-state index contributed by atoms with van der Waals surface area (Å²) in [5, 5.41) is 12.8. The number of ether oxygens (including phenoxy) is 1. The van der Waals surface area contributed by atoms with Crippen LogP contribution < -0.4 is 4.31 Å². The lowest BCUT2D eigenvalue weighted by Gasteiger charge is -2.29. The molecule has 1 fully saturated rings. The SMILES string of the molecule is CCN(c1cccc2cc(-c3ncc(CN4CCCC(C(=O)O)C4)s3)[nH]c12)S(=O)(=O)c1cccs1.CCOC(=O)C(F)(F)F. The number of hydrogen-bond acceptors (Lipinski definition) is 9. The Balaban J connectivity index is 0.000000429. The third-order valence-corrected chi connectivity index (χ3v) is 11.0. The molecule has 238 valence electrons. The summed E-state index contributed by atoms with van der Waals surface area (Å²) in [6, 6.07) is 11.0. The largest absolute Gasteiger partial charge is 0.490 e. The van der Waals surface area contributed by atoms with Gasteiger partial charge in [-0.1, -0.05) is 18.2 Å². The number of hydrogen-bond donors (Lipinski definition) is 2. The van der Waals surface area contributed by atoms with E-state index in [0.29, 0.717) is 29.5 Å². The van der Waals surface area contributed by atoms with E-state index >= 15 is 0 Å². The van der Waals surface area contributed by atoms with Gasteiger partial charge in [-0.25, -0.2) is 18.2 Å². The molecule has 1 aliphatic rings. The van der Waals surface area contributed by atoms with Gasteiger partial charge in [0, 0.05) is 36.1 Å². The van der Waals surface area contributed by atoms with Crippen LogP contribution in [0.1, 0.15) is 31.6 Å². The zero-order chi connectivity index (χ0) is 32.1. The number of sulfonamides is 1. The number of carbonyl (C=O) groups excluding carboxylic acids is 1. The number of halogens is 3. The van der Waals surface area contributed by atoms with Crippen LogP contribution in [0.4, 0.5) is 18.9 Å². The van der Waals surface area contributed by atoms with E-state index in [-0.39, 0.29) is 12.5 Å². The van der Waals surface area contributed by atoms with E-state index in [1.165, 1.54) is 22.6 Å². The van der Waals surface area contributed by atoms with Crippen molar-refractivity contribution < 1.29 is 41.0 Å². The number of aromatic nitrogens is 2. The van der Waals surface area contributed by atoms with E-state index in [1.807, 2.05) is 37.4 Å². The Morgan fingerprint density at radius 1 is 1.23 bits per heavy atom. The lowest BCUT2D eigenvalue weighted by atomic mass is 9.98. The van der Waals surface area contributed by atoms with Crippen molar-refractivity contribution in [3.8, 4) is 10.7 Å². The molecule has 0 radical (unpaired) electrons. The lowest BCUT2D eigenvalue weighted by Crippen LogP contribution is -2.37. The van der Waals surface area contributed by atoms with Crippen molar-refractivity contribution in [2.45, 2.75) is 43.6 Å². The van der Waals surface area contributed by atoms with Gasteiger partial charge in [0.1, 0.15) is 9.22 Å². The van der Waals surface area contributed by atoms with Crippen molar-refractivity contribution in [3.63, 3.8) is 0 Å². The number of aromatic amines is 1. The van der Waals surface area contributed by atoms with Crippen molar-refractivity contribution in [1.82, 2.24) is 14.9 Å². The summed E-state index contributed by atoms with van der Waals surface area (Å²) in [5.41, 5.74) is 2.19. The molecule has 4 heterocycles. The van der Waals surface area contributed by atoms with Gasteiger partial charge in [-0.3, -0.25) is 14.0 Å². The number of esters is 1. The first-order valence-electron chi connectivity index (χ1n) is 13.7. The second-order valence-corrected chi connectivity index (χ2v) is 13.9. The number of H-pyrrole nitrogens is 1. The number of piperidine rings is 1. The van der Waals surface area contributed by atoms with Crippen LogP contribution in [0.2, 0.25) is 0 Å². The molecule has 4 aromatic rings. The second kappa shape index (κ2) is 14.1. The van der Waals surface area contributed by atoms with Crippen LogP contribution in [0.3, 0.4) is 0 Å². The Morgan fingerprint density at radius 3 is 2.61 bits per heavy atom. The zero-order valence-electron chi connectivity index (χ0n) is 23.8. The van der Waals surface area contributed by atoms with Crippen molar-refractivity contribution >= 4 is 61.2 Å². The summed E-state index contributed by atoms with van der Waals surface area (Å²) >= 11 is 2.78. The topological polar surface area (TPSA) is 133 Å². The third-order valence-electron chi connectivity index (χ3n) is 6.75. The monoisotopic (exact) mass is 672 g/mol. The Hall–Kier alpha value is -3.47. The van der Waals surface area contributed by atoms with E-state index < -0.39 is 28.1 Å². The number of rotatable bonds is 9. The molecule has 1 saturated heterocycles. The number of benzene rings is 1. The van der Waals surface area contributed by atoms with E-state index in [1.54, 1.807) is 28.8 Å². The summed E-state index contributed by atoms with van der Waals surface area (Å²) in [5.74, 6) is -3.17. The fourth-order valence-electron chi connectivity index (χ4n) is 4.79. The molecule has 5 rings (SSSR count). The first-order valence-corrected chi connectivity index (χ1v) is 16.8. The minimum absolute atomic E-state index is 0.252. The molecule has 0 spiro atoms. The maximum Gasteiger partial charge on any atom is 0.490 e. The summed E-state index contributed by atoms with van der Waals surface area (Å²) < 4.78 is 65.4. The van der Waals surface area contributed by atoms with Crippen LogP contribution in [0.25, 0.3) is 21.6 Å². The quantitative estimate of drug-likeness (QED) is 0.208. The first-order chi connectivity index (χ1) is 20.8. The van der Waals surface area contributed by atoms with E-state index in [0.717, 1.165) is 45.9 Å². The number of fused-ring (bicyclic) bond motifs is 1. The number of thiazole rings is 1. The van der Waals surface area contributed by atoms with Gasteiger partial charge in [0.25, 0.3) is 10.0 Å². The number of carboxylic acids is 1. The van der Waals surface area contributed by atoms with Crippen molar-refractivity contribution in [2.24, 2.45) is 5.92 Å². The molecule has 1 unspecified atom stereocenters. The fourth-order valence-corrected chi connectivity index (χ4v) is 8.31. The summed E-state index contributed by atoms with van der Waals surface area (Å²) in [7, 11) is -3.66. The van der Waals surface area contributed by atoms with E-state index in [9.17, 15) is 36.3 Å². The van der Waals surface area contributed by atoms with Gasteiger partial charge < -0.3 is 14.8 Å². The maximum absolute atomic E-state index is 13.3. The highest BCUT2D eigenvalue weighted by atomic mass is 32.2. The highest BCUT2D eigenvalue weighted by molar-refractivity contribution is 7.94. The molecule has 1 atom stereocenters. The number of nitrogens with one attached hydrogen (secondary N) is 1. The average Bonchev–Trinajstić information content (AvgIpc) is 3.75. The fraction of sp³-hybridized carbons (Fsp3) is 0.393. The summed E-state index contributed by atoms with van der Waals surface area (Å²) in [6.07, 6.45) is -1.39. The van der Waals surface area contributed by atoms with Gasteiger partial charge in [0.15, 0.2) is 0 Å². The van der Waals surface area contributed by atoms with Gasteiger partial charge in [0.2, 0.25) is 0 Å². The molecule has 10 nitrogen and oxygen atoms in total. The molecule has 3 aromatic heterocycles. The molecule has 2 N–H and O–H groups in total. The number of carbonyl (C=O) groups is 2. The van der Waals surface area contributed by atoms with Gasteiger partial charge in [-0.2, -0.15) is 13.2 Å². The normalized spacial score (nSPS) is 15.9. The van der Waals surface area contributed by atoms with Gasteiger partial charge in [-0.15, -0.1) is 22.7 Å². The molecule has 1 aromatic carbocycles. The van der Waals surface area contributed by atoms with Crippen LogP contribution in [0, 0.1) is 5.92 Å². The van der Waals surface area contributed by atoms with Crippen molar-refractivity contribution in [2.75, 3.05) is 30.5 Å². The number of carboxylic acid groups (broad SMARTS) is 1. The standard InChI is InChI=1S/C24H26N4O4S3.C4H5F3O2/c1-2-28(35(31,32)21-9-5-11-33-21)20-8-3-6-16-12-19(26-22(16)20)23-25-13-18(34-23)15-27-10-4-7-17(14-27)24(29)30;1-2-9-3(8)4(5,6)7/h3,5-6,8-9,11-13,17,26H,2,4,7,10,14-15H2,1H3,(H,29,30);2H2,1H3. The zero-order valence-corrected chi connectivity index (χ0v) is 26.3. The maximum atomic E-state index is 13.3. The van der Waals surface area contributed by atoms with E-state index in [2.05, 4.69) is 19.6 Å². The highest BCUT2D eigenvalue weighted by Gasteiger charge is 2.40. The molecule has 0 saturated carbocycles. The van der Waals surface area contributed by atoms with Gasteiger partial charge in [-0.05, 0) is 56.8 Å². The summed E-state index contributed by atoms with van der Waals surface area (Å²) in [6.45, 7) is 5.32. The molecule has 44 heavy (non-hydrogen) atoms. The molecule has 0 aliphatic carbocycles. The van der Waals surface area contributed by atoms with Crippen LogP contribution in [-0.4, -0.2) is 72.7 Å². The predicted octanol–water partition coefficient (Wildman–Crippen LogP) is 5.98. The number of anilines is 1. The highest BCUT2D eigenvalue weighted by Crippen LogP contribution is 2.35. The average molecular weight is 673 g/mol. The second-order valence-electron chi connectivity index (χ2n) is 9.79. The lowest BCUT2D eigenvalue weighted by molar-refractivity contribution is -0.199. The number of likely N-dealkylation sites (tertiary alicyclic amines) is 1. The third kappa shape index (κ3) is 7.78. The number of para-hydroxylation sites is 1. The predicted molar refractivity (Wildman–Crippen MR) is 162 cm³/mol. The Kier molecular flexibility index (Phi) is 10.7. The Morgan fingerprint density at radius 2 is 2.00 bits per heavy atom. The minimum atomic E-state index is -4.85. The van der Waals surface area contributed by atoms with Crippen molar-refractivity contribution in [1.29, 1.82) is 0 Å². The molecular weight excluding hydrogens is 642 g/mol. The molecule has 0 bridgehead atoms. The number of thiophene rings is 1. The van der Waals surface area contributed by atoms with Crippen LogP contribution >= 0.6 is 22.7 Å². The Labute approximate surface area is 260 Å². The smallest absolute Gasteiger partial charge is 0.481 e. The van der Waals surface area contributed by atoms with Crippen LogP contribution in [-0.2, 0) is 30.9 Å². The first kappa shape index (κ1) is 33.4. The minimum Gasteiger partial charge on any atom is -0.481 e. The Bertz CT molecular complexity index is 1690. The molecular formula is C28H31F3N4O6S3. The van der Waals surface area contributed by atoms with E-state index in [4.69, 9.17) is 0 Å². The van der Waals surface area contributed by atoms with Gasteiger partial charge >= 0.3 is 18.1 Å². The van der Waals surface area contributed by atoms with Crippen LogP contribution in [0.5, 0.6) is 0 Å². The van der Waals surface area contributed by atoms with Crippen LogP contribution in [0.15, 0.2) is 52.2 Å². The van der Waals surface area contributed by atoms with Gasteiger partial charge in [0.05, 0.1) is 29.4 Å². The number of alkyl halides is 3. The molecule has 1 aliphatic heterocycles. The molecule has 16 heteroatoms. The summed E-state index contributed by atoms with van der Waals surface area (Å²) in [4.78, 5) is 32.3. The number of aliphatic carboxylic acids is 1. The molecule has 0 amide bonds. The van der Waals surface area contributed by atoms with Crippen molar-refractivity contribution in [3.05, 3.63) is 52.9 Å².